The van der Waals surface area contributed by atoms with Crippen LogP contribution in [0.4, 0.5) is 8.78 Å². The first kappa shape index (κ1) is 20.4. The molecule has 4 rings (SSSR count). The summed E-state index contributed by atoms with van der Waals surface area (Å²) in [6.45, 7) is 5.09. The third kappa shape index (κ3) is 4.09. The van der Waals surface area contributed by atoms with E-state index < -0.39 is 12.8 Å². The quantitative estimate of drug-likeness (QED) is 0.462. The molecule has 0 amide bonds. The summed E-state index contributed by atoms with van der Waals surface area (Å²) in [4.78, 5) is 2.37. The summed E-state index contributed by atoms with van der Waals surface area (Å²) in [5, 5.41) is 8.61. The zero-order valence-electron chi connectivity index (χ0n) is 16.0. The van der Waals surface area contributed by atoms with Gasteiger partial charge < -0.3 is 0 Å². The highest BCUT2D eigenvalue weighted by Gasteiger charge is 2.30. The molecule has 0 aliphatic carbocycles. The zero-order valence-corrected chi connectivity index (χ0v) is 18.3. The minimum Gasteiger partial charge on any atom is -0.286 e. The average molecular weight is 482 g/mol. The first-order valence-corrected chi connectivity index (χ1v) is 10.5. The van der Waals surface area contributed by atoms with Crippen LogP contribution in [0, 0.1) is 0 Å². The van der Waals surface area contributed by atoms with Gasteiger partial charge in [-0.3, -0.25) is 9.30 Å². The van der Waals surface area contributed by atoms with E-state index in [1.165, 1.54) is 5.57 Å². The van der Waals surface area contributed by atoms with Gasteiger partial charge >= 0.3 is 0 Å². The second kappa shape index (κ2) is 8.13. The smallest absolute Gasteiger partial charge is 0.245 e. The maximum atomic E-state index is 12.9. The molecule has 1 atom stereocenters. The highest BCUT2D eigenvalue weighted by molar-refractivity contribution is 9.10. The molecule has 0 bridgehead atoms. The van der Waals surface area contributed by atoms with Gasteiger partial charge in [0.1, 0.15) is 5.82 Å². The van der Waals surface area contributed by atoms with Crippen molar-refractivity contribution in [3.8, 4) is 0 Å². The van der Waals surface area contributed by atoms with Gasteiger partial charge in [0.05, 0.1) is 12.5 Å². The molecule has 3 heterocycles. The van der Waals surface area contributed by atoms with Gasteiger partial charge in [0, 0.05) is 28.3 Å². The molecule has 152 valence electrons. The van der Waals surface area contributed by atoms with Crippen LogP contribution in [0.5, 0.6) is 0 Å². The molecule has 3 aromatic rings. The molecule has 4 nitrogen and oxygen atoms in total. The second-order valence-electron chi connectivity index (χ2n) is 7.43. The molecule has 0 N–H and O–H groups in total. The fraction of sp³-hybridized carbons (Fsp3) is 0.333. The van der Waals surface area contributed by atoms with E-state index in [0.29, 0.717) is 16.7 Å². The normalized spacial score (nSPS) is 17.7. The predicted octanol–water partition coefficient (Wildman–Crippen LogP) is 5.80. The van der Waals surface area contributed by atoms with Crippen LogP contribution in [-0.2, 0) is 6.42 Å². The number of aromatic nitrogens is 3. The van der Waals surface area contributed by atoms with E-state index in [4.69, 9.17) is 11.6 Å². The fourth-order valence-electron chi connectivity index (χ4n) is 3.76. The highest BCUT2D eigenvalue weighted by atomic mass is 79.9. The minimum absolute atomic E-state index is 0.0266. The van der Waals surface area contributed by atoms with Crippen LogP contribution in [0.1, 0.15) is 36.8 Å². The first-order valence-electron chi connectivity index (χ1n) is 9.37. The Bertz CT molecular complexity index is 1080. The van der Waals surface area contributed by atoms with Crippen molar-refractivity contribution in [2.45, 2.75) is 38.8 Å². The Kier molecular flexibility index (Phi) is 5.73. The van der Waals surface area contributed by atoms with E-state index in [2.05, 4.69) is 51.0 Å². The molecule has 1 aliphatic rings. The summed E-state index contributed by atoms with van der Waals surface area (Å²) in [5.41, 5.74) is 3.89. The van der Waals surface area contributed by atoms with Gasteiger partial charge in [-0.2, -0.15) is 0 Å². The van der Waals surface area contributed by atoms with Crippen molar-refractivity contribution in [2.75, 3.05) is 6.54 Å². The van der Waals surface area contributed by atoms with E-state index in [-0.39, 0.29) is 11.9 Å². The third-order valence-corrected chi connectivity index (χ3v) is 6.08. The van der Waals surface area contributed by atoms with Crippen molar-refractivity contribution in [3.63, 3.8) is 0 Å². The Morgan fingerprint density at radius 3 is 2.69 bits per heavy atom. The number of hydrogen-bond donors (Lipinski definition) is 0. The molecule has 0 spiro atoms. The van der Waals surface area contributed by atoms with Crippen LogP contribution in [0.2, 0.25) is 5.02 Å². The first-order chi connectivity index (χ1) is 13.8. The van der Waals surface area contributed by atoms with Crippen molar-refractivity contribution in [1.82, 2.24) is 19.5 Å². The van der Waals surface area contributed by atoms with Crippen LogP contribution in [0.15, 0.2) is 47.1 Å². The van der Waals surface area contributed by atoms with Crippen molar-refractivity contribution in [2.24, 2.45) is 0 Å². The molecule has 0 radical (unpaired) electrons. The SMILES string of the molecule is CC(C)N1CC(c2ccc(Cl)cc2Br)=CC1c1ccc2nnc(CC(F)F)n2c1. The zero-order chi connectivity index (χ0) is 20.7. The maximum absolute atomic E-state index is 12.9. The van der Waals surface area contributed by atoms with Gasteiger partial charge in [0.15, 0.2) is 5.65 Å². The molecule has 2 aromatic heterocycles. The van der Waals surface area contributed by atoms with Gasteiger partial charge in [0.25, 0.3) is 0 Å². The molecule has 29 heavy (non-hydrogen) atoms. The summed E-state index contributed by atoms with van der Waals surface area (Å²) in [6, 6.07) is 9.95. The van der Waals surface area contributed by atoms with Gasteiger partial charge in [-0.15, -0.1) is 10.2 Å². The lowest BCUT2D eigenvalue weighted by atomic mass is 10.0. The molecular weight excluding hydrogens is 462 g/mol. The molecule has 0 fully saturated rings. The van der Waals surface area contributed by atoms with Gasteiger partial charge in [-0.1, -0.05) is 45.7 Å². The molecule has 0 saturated heterocycles. The van der Waals surface area contributed by atoms with Crippen LogP contribution >= 0.6 is 27.5 Å². The molecule has 8 heteroatoms. The van der Waals surface area contributed by atoms with Crippen LogP contribution in [-0.4, -0.2) is 38.5 Å². The number of pyridine rings is 1. The Labute approximate surface area is 181 Å². The fourth-order valence-corrected chi connectivity index (χ4v) is 4.69. The lowest BCUT2D eigenvalue weighted by Crippen LogP contribution is -2.31. The van der Waals surface area contributed by atoms with E-state index in [1.807, 2.05) is 36.5 Å². The minimum atomic E-state index is -2.46. The number of benzene rings is 1. The van der Waals surface area contributed by atoms with Crippen molar-refractivity contribution in [3.05, 3.63) is 69.1 Å². The highest BCUT2D eigenvalue weighted by Crippen LogP contribution is 2.38. The number of hydrogen-bond acceptors (Lipinski definition) is 3. The molecular formula is C21H20BrClF2N4. The third-order valence-electron chi connectivity index (χ3n) is 5.18. The van der Waals surface area contributed by atoms with Crippen LogP contribution < -0.4 is 0 Å². The summed E-state index contributed by atoms with van der Waals surface area (Å²) in [5.74, 6) is 0.274. The van der Waals surface area contributed by atoms with E-state index in [0.717, 1.165) is 22.1 Å². The maximum Gasteiger partial charge on any atom is 0.245 e. The lowest BCUT2D eigenvalue weighted by Gasteiger charge is -2.28. The molecule has 0 saturated carbocycles. The van der Waals surface area contributed by atoms with Gasteiger partial charge in [-0.25, -0.2) is 8.78 Å². The van der Waals surface area contributed by atoms with E-state index >= 15 is 0 Å². The monoisotopic (exact) mass is 480 g/mol. The van der Waals surface area contributed by atoms with Gasteiger partial charge in [0.2, 0.25) is 6.43 Å². The number of alkyl halides is 2. The predicted molar refractivity (Wildman–Crippen MR) is 114 cm³/mol. The number of halogens is 4. The van der Waals surface area contributed by atoms with E-state index in [1.54, 1.807) is 4.40 Å². The van der Waals surface area contributed by atoms with Crippen molar-refractivity contribution in [1.29, 1.82) is 0 Å². The molecule has 1 unspecified atom stereocenters. The van der Waals surface area contributed by atoms with Crippen LogP contribution in [0.25, 0.3) is 11.2 Å². The Hall–Kier alpha value is -1.83. The van der Waals surface area contributed by atoms with Crippen molar-refractivity contribution < 1.29 is 8.78 Å². The summed E-state index contributed by atoms with van der Waals surface area (Å²) in [6.07, 6.45) is 1.23. The largest absolute Gasteiger partial charge is 0.286 e. The van der Waals surface area contributed by atoms with Gasteiger partial charge in [-0.05, 0) is 48.7 Å². The Morgan fingerprint density at radius 2 is 2.00 bits per heavy atom. The summed E-state index contributed by atoms with van der Waals surface area (Å²) in [7, 11) is 0. The Balaban J connectivity index is 1.75. The topological polar surface area (TPSA) is 33.4 Å². The number of nitrogens with zero attached hydrogens (tertiary/aromatic N) is 4. The van der Waals surface area contributed by atoms with Crippen LogP contribution in [0.3, 0.4) is 0 Å². The molecule has 1 aromatic carbocycles. The molecule has 1 aliphatic heterocycles. The standard InChI is InChI=1S/C21H20BrClF2N4/c1-12(2)28-11-14(16-5-4-15(23)8-17(16)22)7-18(28)13-3-6-20-26-27-21(9-19(24)25)29(20)10-13/h3-8,10,12,18-19H,9,11H2,1-2H3. The van der Waals surface area contributed by atoms with Crippen molar-refractivity contribution >= 4 is 38.8 Å². The van der Waals surface area contributed by atoms with E-state index in [9.17, 15) is 8.78 Å². The Morgan fingerprint density at radius 1 is 1.21 bits per heavy atom. The summed E-state index contributed by atoms with van der Waals surface area (Å²) < 4.78 is 28.4. The second-order valence-corrected chi connectivity index (χ2v) is 8.72. The summed E-state index contributed by atoms with van der Waals surface area (Å²) >= 11 is 9.71. The number of rotatable bonds is 5. The average Bonchev–Trinajstić information content (AvgIpc) is 3.26. The lowest BCUT2D eigenvalue weighted by molar-refractivity contribution is 0.146. The number of fused-ring (bicyclic) bond motifs is 1.